The van der Waals surface area contributed by atoms with Gasteiger partial charge in [-0.25, -0.2) is 0 Å². The third kappa shape index (κ3) is 7.96. The van der Waals surface area contributed by atoms with Crippen LogP contribution in [0.25, 0.3) is 0 Å². The van der Waals surface area contributed by atoms with Crippen molar-refractivity contribution >= 4 is 40.7 Å². The third-order valence-corrected chi connectivity index (χ3v) is 5.07. The number of nitrogens with one attached hydrogen (secondary N) is 2. The Hall–Kier alpha value is -1.49. The van der Waals surface area contributed by atoms with Gasteiger partial charge in [-0.3, -0.25) is 9.69 Å². The zero-order valence-corrected chi connectivity index (χ0v) is 16.8. The highest BCUT2D eigenvalue weighted by Gasteiger charge is 2.20. The second-order valence-electron chi connectivity index (χ2n) is 5.94. The first-order valence-electron chi connectivity index (χ1n) is 8.56. The summed E-state index contributed by atoms with van der Waals surface area (Å²) in [7, 11) is 1.60. The number of carbonyl (C=O) groups is 1. The monoisotopic (exact) mass is 418 g/mol. The van der Waals surface area contributed by atoms with Crippen LogP contribution in [0.2, 0.25) is 0 Å². The van der Waals surface area contributed by atoms with Gasteiger partial charge in [-0.2, -0.15) is 8.78 Å². The van der Waals surface area contributed by atoms with Crippen molar-refractivity contribution in [3.63, 3.8) is 0 Å². The topological polar surface area (TPSA) is 56.8 Å². The smallest absolute Gasteiger partial charge is 0.288 e. The van der Waals surface area contributed by atoms with Gasteiger partial charge in [-0.1, -0.05) is 11.8 Å². The second kappa shape index (κ2) is 11.4. The van der Waals surface area contributed by atoms with Crippen LogP contribution in [0, 0.1) is 0 Å². The van der Waals surface area contributed by atoms with Gasteiger partial charge in [0.2, 0.25) is 5.91 Å². The highest BCUT2D eigenvalue weighted by Crippen LogP contribution is 2.26. The van der Waals surface area contributed by atoms with E-state index in [1.165, 1.54) is 0 Å². The molecular weight excluding hydrogens is 394 g/mol. The van der Waals surface area contributed by atoms with E-state index in [9.17, 15) is 13.6 Å². The van der Waals surface area contributed by atoms with Crippen LogP contribution >= 0.6 is 24.0 Å². The molecule has 1 heterocycles. The molecule has 1 aromatic rings. The predicted octanol–water partition coefficient (Wildman–Crippen LogP) is 2.08. The van der Waals surface area contributed by atoms with Gasteiger partial charge in [0.05, 0.1) is 13.2 Å². The maximum Gasteiger partial charge on any atom is 0.288 e. The lowest BCUT2D eigenvalue weighted by Gasteiger charge is -2.35. The summed E-state index contributed by atoms with van der Waals surface area (Å²) in [5, 5.41) is 6.53. The SMILES string of the molecule is COCCNC(=O)CN1CCN(C(=S)Nc2ccc(SC(F)F)cc2)CC1. The first-order chi connectivity index (χ1) is 13.0. The molecular formula is C17H24F2N4O2S2. The molecule has 0 spiro atoms. The van der Waals surface area contributed by atoms with E-state index in [0.717, 1.165) is 31.9 Å². The maximum atomic E-state index is 12.3. The first-order valence-corrected chi connectivity index (χ1v) is 9.85. The average molecular weight is 419 g/mol. The molecule has 0 unspecified atom stereocenters. The van der Waals surface area contributed by atoms with Crippen LogP contribution in [0.3, 0.4) is 0 Å². The molecule has 0 atom stereocenters. The van der Waals surface area contributed by atoms with Crippen LogP contribution in [0.15, 0.2) is 29.2 Å². The van der Waals surface area contributed by atoms with Crippen molar-refractivity contribution in [1.82, 2.24) is 15.1 Å². The number of hydrogen-bond acceptors (Lipinski definition) is 5. The lowest BCUT2D eigenvalue weighted by atomic mass is 10.3. The number of ether oxygens (including phenoxy) is 1. The minimum atomic E-state index is -2.43. The zero-order valence-electron chi connectivity index (χ0n) is 15.1. The molecule has 0 aliphatic carbocycles. The Morgan fingerprint density at radius 1 is 1.26 bits per heavy atom. The van der Waals surface area contributed by atoms with Crippen molar-refractivity contribution in [3.05, 3.63) is 24.3 Å². The molecule has 2 N–H and O–H groups in total. The van der Waals surface area contributed by atoms with E-state index in [1.54, 1.807) is 31.4 Å². The molecule has 0 saturated carbocycles. The quantitative estimate of drug-likeness (QED) is 0.381. The Kier molecular flexibility index (Phi) is 9.19. The summed E-state index contributed by atoms with van der Waals surface area (Å²) >= 11 is 5.95. The van der Waals surface area contributed by atoms with Gasteiger partial charge in [0, 0.05) is 50.4 Å². The largest absolute Gasteiger partial charge is 0.383 e. The molecule has 1 aromatic carbocycles. The Bertz CT molecular complexity index is 611. The lowest BCUT2D eigenvalue weighted by molar-refractivity contribution is -0.122. The third-order valence-electron chi connectivity index (χ3n) is 3.99. The van der Waals surface area contributed by atoms with Crippen molar-refractivity contribution in [2.24, 2.45) is 0 Å². The fraction of sp³-hybridized carbons (Fsp3) is 0.529. The first kappa shape index (κ1) is 21.8. The summed E-state index contributed by atoms with van der Waals surface area (Å²) in [5.74, 6) is -2.44. The number of benzene rings is 1. The summed E-state index contributed by atoms with van der Waals surface area (Å²) in [6.45, 7) is 4.29. The van der Waals surface area contributed by atoms with Gasteiger partial charge in [0.25, 0.3) is 5.76 Å². The molecule has 2 rings (SSSR count). The summed E-state index contributed by atoms with van der Waals surface area (Å²) in [4.78, 5) is 16.5. The number of nitrogens with zero attached hydrogens (tertiary/aromatic N) is 2. The zero-order chi connectivity index (χ0) is 19.6. The fourth-order valence-corrected chi connectivity index (χ4v) is 3.38. The number of thiocarbonyl (C=S) groups is 1. The number of anilines is 1. The van der Waals surface area contributed by atoms with Gasteiger partial charge in [-0.05, 0) is 36.5 Å². The Morgan fingerprint density at radius 3 is 2.52 bits per heavy atom. The van der Waals surface area contributed by atoms with E-state index >= 15 is 0 Å². The summed E-state index contributed by atoms with van der Waals surface area (Å²) in [6, 6.07) is 6.75. The van der Waals surface area contributed by atoms with Crippen LogP contribution in [0.1, 0.15) is 0 Å². The number of alkyl halides is 2. The second-order valence-corrected chi connectivity index (χ2v) is 7.39. The standard InChI is InChI=1S/C17H24F2N4O2S2/c1-25-11-6-20-15(24)12-22-7-9-23(10-8-22)17(26)21-13-2-4-14(5-3-13)27-16(18)19/h2-5,16H,6-12H2,1H3,(H,20,24)(H,21,26). The van der Waals surface area contributed by atoms with Crippen LogP contribution in [0.4, 0.5) is 14.5 Å². The highest BCUT2D eigenvalue weighted by atomic mass is 32.2. The van der Waals surface area contributed by atoms with E-state index in [0.29, 0.717) is 41.5 Å². The fourth-order valence-electron chi connectivity index (χ4n) is 2.58. The van der Waals surface area contributed by atoms with E-state index in [1.807, 2.05) is 4.90 Å². The number of carbonyl (C=O) groups excluding carboxylic acids is 1. The van der Waals surface area contributed by atoms with Crippen molar-refractivity contribution in [3.8, 4) is 0 Å². The Morgan fingerprint density at radius 2 is 1.93 bits per heavy atom. The molecule has 1 amide bonds. The number of amides is 1. The number of methoxy groups -OCH3 is 1. The number of hydrogen-bond donors (Lipinski definition) is 2. The minimum absolute atomic E-state index is 0.0111. The van der Waals surface area contributed by atoms with Gasteiger partial charge < -0.3 is 20.3 Å². The van der Waals surface area contributed by atoms with Gasteiger partial charge >= 0.3 is 0 Å². The molecule has 1 aliphatic rings. The number of thioether (sulfide) groups is 1. The number of rotatable bonds is 8. The normalized spacial score (nSPS) is 15.0. The van der Waals surface area contributed by atoms with E-state index < -0.39 is 5.76 Å². The van der Waals surface area contributed by atoms with E-state index in [4.69, 9.17) is 17.0 Å². The highest BCUT2D eigenvalue weighted by molar-refractivity contribution is 7.99. The average Bonchev–Trinajstić information content (AvgIpc) is 2.63. The predicted molar refractivity (Wildman–Crippen MR) is 107 cm³/mol. The summed E-state index contributed by atoms with van der Waals surface area (Å²) < 4.78 is 29.6. The van der Waals surface area contributed by atoms with Crippen molar-refractivity contribution in [2.45, 2.75) is 10.7 Å². The molecule has 0 bridgehead atoms. The summed E-state index contributed by atoms with van der Waals surface area (Å²) in [5.41, 5.74) is 0.763. The molecule has 1 fully saturated rings. The van der Waals surface area contributed by atoms with Crippen LogP contribution in [-0.4, -0.2) is 79.6 Å². The van der Waals surface area contributed by atoms with Crippen LogP contribution in [0.5, 0.6) is 0 Å². The maximum absolute atomic E-state index is 12.3. The Balaban J connectivity index is 1.72. The minimum Gasteiger partial charge on any atom is -0.383 e. The van der Waals surface area contributed by atoms with Crippen LogP contribution < -0.4 is 10.6 Å². The molecule has 10 heteroatoms. The number of piperazine rings is 1. The van der Waals surface area contributed by atoms with E-state index in [2.05, 4.69) is 15.5 Å². The van der Waals surface area contributed by atoms with Crippen molar-refractivity contribution in [2.75, 3.05) is 58.3 Å². The number of halogens is 2. The molecule has 0 radical (unpaired) electrons. The van der Waals surface area contributed by atoms with Gasteiger partial charge in [-0.15, -0.1) is 0 Å². The van der Waals surface area contributed by atoms with Crippen molar-refractivity contribution < 1.29 is 18.3 Å². The Labute approximate surface area is 167 Å². The van der Waals surface area contributed by atoms with Gasteiger partial charge in [0.15, 0.2) is 5.11 Å². The lowest BCUT2D eigenvalue weighted by Crippen LogP contribution is -2.52. The molecule has 6 nitrogen and oxygen atoms in total. The molecule has 150 valence electrons. The van der Waals surface area contributed by atoms with E-state index in [-0.39, 0.29) is 5.91 Å². The molecule has 1 aliphatic heterocycles. The molecule has 1 saturated heterocycles. The molecule has 0 aromatic heterocycles. The van der Waals surface area contributed by atoms with Gasteiger partial charge in [0.1, 0.15) is 0 Å². The summed E-state index contributed by atoms with van der Waals surface area (Å²) in [6.07, 6.45) is 0. The van der Waals surface area contributed by atoms with Crippen LogP contribution in [-0.2, 0) is 9.53 Å². The molecule has 27 heavy (non-hydrogen) atoms. The van der Waals surface area contributed by atoms with Crippen molar-refractivity contribution in [1.29, 1.82) is 0 Å².